The van der Waals surface area contributed by atoms with Crippen LogP contribution in [0.3, 0.4) is 0 Å². The lowest BCUT2D eigenvalue weighted by Gasteiger charge is -2.31. The molecule has 0 aromatic heterocycles. The molecule has 2 heterocycles. The zero-order valence-electron chi connectivity index (χ0n) is 33.4. The fourth-order valence-corrected chi connectivity index (χ4v) is 8.83. The summed E-state index contributed by atoms with van der Waals surface area (Å²) in [6.07, 6.45) is 0. The van der Waals surface area contributed by atoms with Gasteiger partial charge in [0, 0.05) is 51.4 Å². The van der Waals surface area contributed by atoms with E-state index in [-0.39, 0.29) is 5.75 Å². The predicted octanol–water partition coefficient (Wildman–Crippen LogP) is 11.5. The molecular weight excluding hydrogens is 778 g/mol. The Morgan fingerprint density at radius 2 is 0.742 bits per heavy atom. The first-order valence-electron chi connectivity index (χ1n) is 20.5. The summed E-state index contributed by atoms with van der Waals surface area (Å²) in [5.74, 6) is 2.95. The van der Waals surface area contributed by atoms with Gasteiger partial charge in [0.05, 0.1) is 11.4 Å². The number of hydrogen-bond donors (Lipinski definition) is 2. The third-order valence-electron chi connectivity index (χ3n) is 11.4. The monoisotopic (exact) mass is 814 g/mol. The van der Waals surface area contributed by atoms with Gasteiger partial charge in [-0.1, -0.05) is 115 Å². The minimum atomic E-state index is 0.190. The molecule has 2 aliphatic heterocycles. The standard InChI is InChI=1S/C54H36B2N2O3S/c59-47-27-15-13-25-41(47)43-29-39(57(35-17-5-1-6-18-35)36-19-7-2-8-20-36)31-50-53(43)55-45-33-46-49(34-48(45)60-50)61-51-32-40(30-44(54(51)56-46)42-26-14-16-28-52(42)62)58(37-21-9-3-10-22-37)38-23-11-4-12-24-38/h1-34,59,62H. The molecule has 2 radical (unpaired) electrons. The predicted molar refractivity (Wildman–Crippen MR) is 259 cm³/mol. The molecule has 0 fully saturated rings. The Balaban J connectivity index is 1.04. The summed E-state index contributed by atoms with van der Waals surface area (Å²) in [4.78, 5) is 5.33. The van der Waals surface area contributed by atoms with E-state index in [0.717, 1.165) is 83.3 Å². The lowest BCUT2D eigenvalue weighted by molar-refractivity contribution is 0.466. The molecule has 9 aromatic carbocycles. The minimum absolute atomic E-state index is 0.190. The number of rotatable bonds is 8. The highest BCUT2D eigenvalue weighted by atomic mass is 32.1. The molecule has 9 aromatic rings. The van der Waals surface area contributed by atoms with Crippen LogP contribution in [0.4, 0.5) is 34.1 Å². The van der Waals surface area contributed by atoms with Crippen molar-refractivity contribution in [2.24, 2.45) is 0 Å². The Kier molecular flexibility index (Phi) is 9.55. The first-order chi connectivity index (χ1) is 30.6. The summed E-state index contributed by atoms with van der Waals surface area (Å²) in [7, 11) is 4.36. The first kappa shape index (κ1) is 37.5. The summed E-state index contributed by atoms with van der Waals surface area (Å²) in [5.41, 5.74) is 13.1. The molecule has 0 saturated heterocycles. The Bertz CT molecular complexity index is 2830. The Labute approximate surface area is 368 Å². The SMILES string of the molecule is Oc1ccccc1-c1cc(N(c2ccccc2)c2ccccc2)cc2c1[B]c1cc3c(cc1O2)Oc1cc(N(c2ccccc2)c2ccccc2)cc(-c2ccccc2S)c1[B]3. The second kappa shape index (κ2) is 15.8. The summed E-state index contributed by atoms with van der Waals surface area (Å²) in [6.45, 7) is 0. The average molecular weight is 815 g/mol. The molecule has 8 heteroatoms. The van der Waals surface area contributed by atoms with Crippen LogP contribution in [-0.4, -0.2) is 19.7 Å². The second-order valence-electron chi connectivity index (χ2n) is 15.3. The molecule has 5 nitrogen and oxygen atoms in total. The molecule has 0 amide bonds. The number of anilines is 6. The van der Waals surface area contributed by atoms with Crippen molar-refractivity contribution in [3.63, 3.8) is 0 Å². The van der Waals surface area contributed by atoms with Crippen LogP contribution in [0.2, 0.25) is 0 Å². The Morgan fingerprint density at radius 1 is 0.355 bits per heavy atom. The van der Waals surface area contributed by atoms with Gasteiger partial charge in [0.1, 0.15) is 28.7 Å². The van der Waals surface area contributed by atoms with Gasteiger partial charge in [0.2, 0.25) is 14.6 Å². The number of para-hydroxylation sites is 5. The highest BCUT2D eigenvalue weighted by Crippen LogP contribution is 2.44. The van der Waals surface area contributed by atoms with Crippen molar-refractivity contribution < 1.29 is 14.6 Å². The molecule has 0 bridgehead atoms. The van der Waals surface area contributed by atoms with Gasteiger partial charge in [-0.05, 0) is 111 Å². The number of nitrogens with zero attached hydrogens (tertiary/aromatic N) is 2. The van der Waals surface area contributed by atoms with Gasteiger partial charge in [-0.2, -0.15) is 0 Å². The highest BCUT2D eigenvalue weighted by molar-refractivity contribution is 7.80. The number of benzene rings is 9. The molecule has 0 spiro atoms. The smallest absolute Gasteiger partial charge is 0.202 e. The van der Waals surface area contributed by atoms with Crippen LogP contribution in [0.1, 0.15) is 0 Å². The van der Waals surface area contributed by atoms with E-state index in [2.05, 4.69) is 134 Å². The van der Waals surface area contributed by atoms with Crippen molar-refractivity contribution in [1.82, 2.24) is 0 Å². The number of aromatic hydroxyl groups is 1. The number of ether oxygens (including phenoxy) is 2. The van der Waals surface area contributed by atoms with Crippen LogP contribution < -0.4 is 41.1 Å². The van der Waals surface area contributed by atoms with Gasteiger partial charge in [-0.3, -0.25) is 0 Å². The van der Waals surface area contributed by atoms with Crippen LogP contribution >= 0.6 is 12.6 Å². The van der Waals surface area contributed by atoms with Crippen LogP contribution in [-0.2, 0) is 0 Å². The van der Waals surface area contributed by atoms with E-state index in [1.165, 1.54) is 0 Å². The van der Waals surface area contributed by atoms with Crippen molar-refractivity contribution in [2.75, 3.05) is 9.80 Å². The minimum Gasteiger partial charge on any atom is -0.507 e. The lowest BCUT2D eigenvalue weighted by atomic mass is 9.55. The summed E-state index contributed by atoms with van der Waals surface area (Å²) in [6, 6.07) is 69.7. The molecular formula is C54H36B2N2O3S. The van der Waals surface area contributed by atoms with Crippen molar-refractivity contribution in [3.8, 4) is 51.0 Å². The maximum absolute atomic E-state index is 11.3. The van der Waals surface area contributed by atoms with Crippen molar-refractivity contribution in [3.05, 3.63) is 206 Å². The third-order valence-corrected chi connectivity index (χ3v) is 11.8. The van der Waals surface area contributed by atoms with E-state index in [4.69, 9.17) is 22.1 Å². The number of phenolic OH excluding ortho intramolecular Hbond substituents is 1. The average Bonchev–Trinajstić information content (AvgIpc) is 3.31. The summed E-state index contributed by atoms with van der Waals surface area (Å²) < 4.78 is 13.9. The zero-order chi connectivity index (χ0) is 41.6. The number of thiol groups is 1. The van der Waals surface area contributed by atoms with E-state index in [1.54, 1.807) is 6.07 Å². The second-order valence-corrected chi connectivity index (χ2v) is 15.8. The van der Waals surface area contributed by atoms with Crippen LogP contribution in [0, 0.1) is 0 Å². The number of hydrogen-bond acceptors (Lipinski definition) is 6. The first-order valence-corrected chi connectivity index (χ1v) is 21.0. The van der Waals surface area contributed by atoms with E-state index in [1.807, 2.05) is 91.0 Å². The summed E-state index contributed by atoms with van der Waals surface area (Å²) in [5, 5.41) is 11.3. The van der Waals surface area contributed by atoms with Gasteiger partial charge in [0.25, 0.3) is 0 Å². The van der Waals surface area contributed by atoms with Gasteiger partial charge < -0.3 is 24.4 Å². The highest BCUT2D eigenvalue weighted by Gasteiger charge is 2.31. The molecule has 292 valence electrons. The molecule has 0 aliphatic carbocycles. The van der Waals surface area contributed by atoms with Gasteiger partial charge in [-0.15, -0.1) is 12.6 Å². The molecule has 62 heavy (non-hydrogen) atoms. The maximum Gasteiger partial charge on any atom is 0.202 e. The van der Waals surface area contributed by atoms with Crippen LogP contribution in [0.15, 0.2) is 211 Å². The number of fused-ring (bicyclic) bond motifs is 4. The normalized spacial score (nSPS) is 11.9. The molecule has 0 atom stereocenters. The van der Waals surface area contributed by atoms with Crippen LogP contribution in [0.25, 0.3) is 22.3 Å². The Morgan fingerprint density at radius 3 is 1.18 bits per heavy atom. The Hall–Kier alpha value is -7.54. The topological polar surface area (TPSA) is 45.2 Å². The van der Waals surface area contributed by atoms with E-state index in [0.29, 0.717) is 22.8 Å². The fraction of sp³-hybridized carbons (Fsp3) is 0. The number of phenols is 1. The molecule has 0 saturated carbocycles. The van der Waals surface area contributed by atoms with E-state index < -0.39 is 0 Å². The molecule has 11 rings (SSSR count). The quantitative estimate of drug-likeness (QED) is 0.118. The summed E-state index contributed by atoms with van der Waals surface area (Å²) >= 11 is 4.95. The van der Waals surface area contributed by atoms with E-state index >= 15 is 0 Å². The molecule has 1 N–H and O–H groups in total. The molecule has 0 unspecified atom stereocenters. The largest absolute Gasteiger partial charge is 0.507 e. The van der Waals surface area contributed by atoms with Gasteiger partial charge in [-0.25, -0.2) is 0 Å². The van der Waals surface area contributed by atoms with Crippen molar-refractivity contribution in [2.45, 2.75) is 4.90 Å². The maximum atomic E-state index is 11.3. The van der Waals surface area contributed by atoms with Gasteiger partial charge in [0.15, 0.2) is 0 Å². The zero-order valence-corrected chi connectivity index (χ0v) is 34.3. The third kappa shape index (κ3) is 6.85. The van der Waals surface area contributed by atoms with Crippen LogP contribution in [0.5, 0.6) is 28.7 Å². The lowest BCUT2D eigenvalue weighted by Crippen LogP contribution is -2.41. The van der Waals surface area contributed by atoms with Gasteiger partial charge >= 0.3 is 0 Å². The van der Waals surface area contributed by atoms with E-state index in [9.17, 15) is 5.11 Å². The van der Waals surface area contributed by atoms with Crippen molar-refractivity contribution in [1.29, 1.82) is 0 Å². The fourth-order valence-electron chi connectivity index (χ4n) is 8.55. The molecule has 2 aliphatic rings. The van der Waals surface area contributed by atoms with Crippen molar-refractivity contribution >= 4 is 83.2 Å².